The van der Waals surface area contributed by atoms with Crippen molar-refractivity contribution in [2.24, 2.45) is 11.8 Å². The van der Waals surface area contributed by atoms with Crippen LogP contribution in [-0.2, 0) is 4.74 Å². The van der Waals surface area contributed by atoms with E-state index in [1.165, 1.54) is 12.1 Å². The van der Waals surface area contributed by atoms with Gasteiger partial charge in [0.05, 0.1) is 0 Å². The van der Waals surface area contributed by atoms with Crippen LogP contribution >= 0.6 is 0 Å². The Hall–Kier alpha value is -1.13. The summed E-state index contributed by atoms with van der Waals surface area (Å²) in [5.74, 6) is 1.64. The lowest BCUT2D eigenvalue weighted by molar-refractivity contribution is -0.00136. The van der Waals surface area contributed by atoms with E-state index in [1.54, 1.807) is 12.1 Å². The molecule has 2 aliphatic rings. The van der Waals surface area contributed by atoms with Crippen LogP contribution in [0, 0.1) is 17.7 Å². The van der Waals surface area contributed by atoms with Gasteiger partial charge >= 0.3 is 0 Å². The smallest absolute Gasteiger partial charge is 0.123 e. The van der Waals surface area contributed by atoms with Gasteiger partial charge in [-0.25, -0.2) is 4.39 Å². The fourth-order valence-corrected chi connectivity index (χ4v) is 3.25. The van der Waals surface area contributed by atoms with E-state index in [0.29, 0.717) is 11.8 Å². The minimum Gasteiger partial charge on any atom is -0.490 e. The molecule has 0 spiro atoms. The lowest BCUT2D eigenvalue weighted by Gasteiger charge is -2.34. The van der Waals surface area contributed by atoms with E-state index in [-0.39, 0.29) is 11.9 Å². The molecule has 0 radical (unpaired) electrons. The molecule has 0 aliphatic carbocycles. The van der Waals surface area contributed by atoms with Gasteiger partial charge in [0.2, 0.25) is 0 Å². The van der Waals surface area contributed by atoms with Crippen molar-refractivity contribution in [1.82, 2.24) is 5.32 Å². The van der Waals surface area contributed by atoms with Gasteiger partial charge in [-0.2, -0.15) is 0 Å². The molecule has 110 valence electrons. The van der Waals surface area contributed by atoms with Crippen molar-refractivity contribution in [3.05, 3.63) is 30.1 Å². The van der Waals surface area contributed by atoms with E-state index in [0.717, 1.165) is 51.3 Å². The predicted molar refractivity (Wildman–Crippen MR) is 75.3 cm³/mol. The van der Waals surface area contributed by atoms with Crippen LogP contribution in [0.5, 0.6) is 5.75 Å². The van der Waals surface area contributed by atoms with Crippen LogP contribution in [0.25, 0.3) is 0 Å². The van der Waals surface area contributed by atoms with Crippen LogP contribution in [0.3, 0.4) is 0 Å². The highest BCUT2D eigenvalue weighted by Gasteiger charge is 2.34. The van der Waals surface area contributed by atoms with Gasteiger partial charge in [-0.1, -0.05) is 0 Å². The first-order valence-electron chi connectivity index (χ1n) is 7.53. The highest BCUT2D eigenvalue weighted by Crippen LogP contribution is 2.30. The zero-order valence-corrected chi connectivity index (χ0v) is 11.7. The molecule has 1 N–H and O–H groups in total. The van der Waals surface area contributed by atoms with Crippen molar-refractivity contribution in [2.75, 3.05) is 26.3 Å². The van der Waals surface area contributed by atoms with Crippen LogP contribution in [-0.4, -0.2) is 32.4 Å². The molecule has 1 aromatic carbocycles. The second kappa shape index (κ2) is 6.55. The molecule has 2 atom stereocenters. The number of rotatable bonds is 4. The Kier molecular flexibility index (Phi) is 4.53. The maximum absolute atomic E-state index is 13.0. The Morgan fingerprint density at radius 3 is 2.50 bits per heavy atom. The molecule has 0 saturated carbocycles. The molecule has 3 nitrogen and oxygen atoms in total. The second-order valence-electron chi connectivity index (χ2n) is 5.74. The Bertz CT molecular complexity index is 411. The molecule has 2 heterocycles. The molecular formula is C16H22FNO2. The number of benzene rings is 1. The zero-order valence-electron chi connectivity index (χ0n) is 11.7. The first-order chi connectivity index (χ1) is 9.83. The largest absolute Gasteiger partial charge is 0.490 e. The SMILES string of the molecule is Fc1ccc(O[C@H](C2CCOCC2)[C@@H]2CCNC2)cc1. The van der Waals surface area contributed by atoms with Crippen molar-refractivity contribution in [2.45, 2.75) is 25.4 Å². The molecule has 0 amide bonds. The van der Waals surface area contributed by atoms with E-state index in [1.807, 2.05) is 0 Å². The quantitative estimate of drug-likeness (QED) is 0.919. The van der Waals surface area contributed by atoms with Gasteiger partial charge in [-0.05, 0) is 50.1 Å². The summed E-state index contributed by atoms with van der Waals surface area (Å²) < 4.78 is 24.7. The first kappa shape index (κ1) is 13.8. The highest BCUT2D eigenvalue weighted by molar-refractivity contribution is 5.22. The summed E-state index contributed by atoms with van der Waals surface area (Å²) >= 11 is 0. The van der Waals surface area contributed by atoms with Crippen molar-refractivity contribution in [3.63, 3.8) is 0 Å². The predicted octanol–water partition coefficient (Wildman–Crippen LogP) is 2.61. The van der Waals surface area contributed by atoms with Gasteiger partial charge in [0, 0.05) is 31.6 Å². The Labute approximate surface area is 119 Å². The summed E-state index contributed by atoms with van der Waals surface area (Å²) in [6.07, 6.45) is 3.48. The zero-order chi connectivity index (χ0) is 13.8. The Balaban J connectivity index is 1.71. The fraction of sp³-hybridized carbons (Fsp3) is 0.625. The van der Waals surface area contributed by atoms with Crippen molar-refractivity contribution >= 4 is 0 Å². The number of ether oxygens (including phenoxy) is 2. The molecule has 0 aromatic heterocycles. The fourth-order valence-electron chi connectivity index (χ4n) is 3.25. The van der Waals surface area contributed by atoms with Crippen LogP contribution in [0.2, 0.25) is 0 Å². The van der Waals surface area contributed by atoms with Crippen molar-refractivity contribution < 1.29 is 13.9 Å². The van der Waals surface area contributed by atoms with Crippen LogP contribution in [0.1, 0.15) is 19.3 Å². The number of halogens is 1. The van der Waals surface area contributed by atoms with Gasteiger partial charge in [0.1, 0.15) is 17.7 Å². The van der Waals surface area contributed by atoms with Gasteiger partial charge < -0.3 is 14.8 Å². The van der Waals surface area contributed by atoms with E-state index in [4.69, 9.17) is 9.47 Å². The maximum Gasteiger partial charge on any atom is 0.123 e. The molecular weight excluding hydrogens is 257 g/mol. The standard InChI is InChI=1S/C16H22FNO2/c17-14-1-3-15(4-2-14)20-16(13-5-8-18-11-13)12-6-9-19-10-7-12/h1-4,12-13,16,18H,5-11H2/t13-,16-/m1/s1. The lowest BCUT2D eigenvalue weighted by Crippen LogP contribution is -2.38. The summed E-state index contributed by atoms with van der Waals surface area (Å²) in [4.78, 5) is 0. The van der Waals surface area contributed by atoms with E-state index in [9.17, 15) is 4.39 Å². The van der Waals surface area contributed by atoms with Gasteiger partial charge in [0.15, 0.2) is 0 Å². The molecule has 4 heteroatoms. The number of nitrogens with one attached hydrogen (secondary N) is 1. The van der Waals surface area contributed by atoms with Crippen molar-refractivity contribution in [3.8, 4) is 5.75 Å². The van der Waals surface area contributed by atoms with Crippen LogP contribution in [0.15, 0.2) is 24.3 Å². The molecule has 1 aromatic rings. The molecule has 0 unspecified atom stereocenters. The molecule has 2 fully saturated rings. The van der Waals surface area contributed by atoms with Gasteiger partial charge in [-0.3, -0.25) is 0 Å². The summed E-state index contributed by atoms with van der Waals surface area (Å²) in [5, 5.41) is 3.42. The van der Waals surface area contributed by atoms with E-state index < -0.39 is 0 Å². The lowest BCUT2D eigenvalue weighted by atomic mass is 9.85. The van der Waals surface area contributed by atoms with Crippen LogP contribution < -0.4 is 10.1 Å². The molecule has 3 rings (SSSR count). The topological polar surface area (TPSA) is 30.5 Å². The monoisotopic (exact) mass is 279 g/mol. The maximum atomic E-state index is 13.0. The minimum absolute atomic E-state index is 0.208. The molecule has 2 saturated heterocycles. The van der Waals surface area contributed by atoms with Gasteiger partial charge in [0.25, 0.3) is 0 Å². The summed E-state index contributed by atoms with van der Waals surface area (Å²) in [6, 6.07) is 6.38. The molecule has 0 bridgehead atoms. The molecule has 2 aliphatic heterocycles. The summed E-state index contributed by atoms with van der Waals surface area (Å²) in [7, 11) is 0. The normalized spacial score (nSPS) is 25.6. The third-order valence-electron chi connectivity index (χ3n) is 4.38. The van der Waals surface area contributed by atoms with E-state index >= 15 is 0 Å². The Morgan fingerprint density at radius 2 is 1.85 bits per heavy atom. The van der Waals surface area contributed by atoms with Crippen LogP contribution in [0.4, 0.5) is 4.39 Å². The van der Waals surface area contributed by atoms with E-state index in [2.05, 4.69) is 5.32 Å². The average molecular weight is 279 g/mol. The highest BCUT2D eigenvalue weighted by atomic mass is 19.1. The molecule has 20 heavy (non-hydrogen) atoms. The third kappa shape index (κ3) is 3.30. The summed E-state index contributed by atoms with van der Waals surface area (Å²) in [6.45, 7) is 3.74. The number of hydrogen-bond donors (Lipinski definition) is 1. The van der Waals surface area contributed by atoms with Gasteiger partial charge in [-0.15, -0.1) is 0 Å². The minimum atomic E-state index is -0.220. The number of hydrogen-bond acceptors (Lipinski definition) is 3. The summed E-state index contributed by atoms with van der Waals surface area (Å²) in [5.41, 5.74) is 0. The third-order valence-corrected chi connectivity index (χ3v) is 4.38. The Morgan fingerprint density at radius 1 is 1.10 bits per heavy atom. The second-order valence-corrected chi connectivity index (χ2v) is 5.74. The first-order valence-corrected chi connectivity index (χ1v) is 7.53. The average Bonchev–Trinajstić information content (AvgIpc) is 3.01. The van der Waals surface area contributed by atoms with Crippen molar-refractivity contribution in [1.29, 1.82) is 0 Å².